The molecule has 0 aliphatic carbocycles. The Morgan fingerprint density at radius 1 is 0.375 bits per heavy atom. The molecule has 88 heavy (non-hydrogen) atoms. The average molecular weight is 1230 g/mol. The van der Waals surface area contributed by atoms with Crippen molar-refractivity contribution in [1.29, 1.82) is 0 Å². The van der Waals surface area contributed by atoms with Crippen LogP contribution in [0.4, 0.5) is 11.4 Å². The minimum atomic E-state index is -0.526. The van der Waals surface area contributed by atoms with Gasteiger partial charge in [0.25, 0.3) is 11.8 Å². The molecule has 4 atom stereocenters. The van der Waals surface area contributed by atoms with E-state index in [9.17, 15) is 28.8 Å². The van der Waals surface area contributed by atoms with E-state index in [1.807, 2.05) is 0 Å². The molecule has 0 aliphatic rings. The minimum Gasteiger partial charge on any atom is -0.462 e. The van der Waals surface area contributed by atoms with E-state index >= 15 is 0 Å². The van der Waals surface area contributed by atoms with Gasteiger partial charge in [-0.1, -0.05) is 284 Å². The summed E-state index contributed by atoms with van der Waals surface area (Å²) in [6.45, 7) is 17.3. The van der Waals surface area contributed by atoms with Crippen LogP contribution in [0.1, 0.15) is 320 Å². The SMILES string of the molecule is CCCCCCCCCC(CCCCCCCCOC(=O)c1ccccc1N/N=C(/C(C)=O)C(=O)NCC(CC)CCCC)C(CCCCCCCCC)CCCCCCCCOC(=O)c1ccccc1N/N=C(/C(C)=O)C(=O)NCC(CC)CCCC. The molecule has 2 aromatic rings. The largest absolute Gasteiger partial charge is 0.462 e. The number of carbonyl (C=O) groups excluding carboxylic acids is 6. The van der Waals surface area contributed by atoms with E-state index in [4.69, 9.17) is 9.47 Å². The Morgan fingerprint density at radius 2 is 0.670 bits per heavy atom. The molecule has 14 nitrogen and oxygen atoms in total. The number of hydrazone groups is 2. The van der Waals surface area contributed by atoms with Crippen LogP contribution >= 0.6 is 0 Å². The number of benzene rings is 2. The van der Waals surface area contributed by atoms with Gasteiger partial charge in [-0.25, -0.2) is 9.59 Å². The highest BCUT2D eigenvalue weighted by atomic mass is 16.5. The van der Waals surface area contributed by atoms with Crippen molar-refractivity contribution < 1.29 is 38.2 Å². The number of Topliss-reactive ketones (excluding diaryl/α,β-unsaturated/α-hetero) is 2. The molecule has 0 saturated heterocycles. The number of nitrogens with zero attached hydrogens (tertiary/aromatic N) is 2. The number of hydrogen-bond acceptors (Lipinski definition) is 12. The Hall–Kier alpha value is -5.40. The normalized spacial score (nSPS) is 13.1. The van der Waals surface area contributed by atoms with Crippen LogP contribution in [-0.4, -0.2) is 73.0 Å². The van der Waals surface area contributed by atoms with Gasteiger partial charge in [-0.05, 0) is 73.6 Å². The van der Waals surface area contributed by atoms with Gasteiger partial charge in [-0.15, -0.1) is 0 Å². The first-order valence-electron chi connectivity index (χ1n) is 35.6. The van der Waals surface area contributed by atoms with Crippen molar-refractivity contribution in [2.24, 2.45) is 33.9 Å². The number of hydrogen-bond donors (Lipinski definition) is 4. The van der Waals surface area contributed by atoms with Crippen LogP contribution in [0.25, 0.3) is 0 Å². The lowest BCUT2D eigenvalue weighted by Gasteiger charge is -2.28. The summed E-state index contributed by atoms with van der Waals surface area (Å²) >= 11 is 0. The monoisotopic (exact) mass is 1220 g/mol. The van der Waals surface area contributed by atoms with Gasteiger partial charge >= 0.3 is 11.9 Å². The van der Waals surface area contributed by atoms with Crippen molar-refractivity contribution in [3.63, 3.8) is 0 Å². The van der Waals surface area contributed by atoms with Gasteiger partial charge in [-0.3, -0.25) is 30.0 Å². The van der Waals surface area contributed by atoms with E-state index in [-0.39, 0.29) is 11.4 Å². The van der Waals surface area contributed by atoms with Gasteiger partial charge in [0.2, 0.25) is 0 Å². The smallest absolute Gasteiger partial charge is 0.340 e. The van der Waals surface area contributed by atoms with E-state index in [0.717, 1.165) is 102 Å². The van der Waals surface area contributed by atoms with Gasteiger partial charge < -0.3 is 20.1 Å². The number of esters is 2. The lowest BCUT2D eigenvalue weighted by atomic mass is 9.78. The number of unbranched alkanes of at least 4 members (excludes halogenated alkanes) is 24. The van der Waals surface area contributed by atoms with Crippen LogP contribution in [0.2, 0.25) is 0 Å². The average Bonchev–Trinajstić information content (AvgIpc) is 2.95. The molecule has 0 aliphatic heterocycles. The van der Waals surface area contributed by atoms with Crippen LogP contribution in [-0.2, 0) is 28.7 Å². The molecule has 0 radical (unpaired) electrons. The van der Waals surface area contributed by atoms with Gasteiger partial charge in [0.1, 0.15) is 0 Å². The summed E-state index contributed by atoms with van der Waals surface area (Å²) in [5.41, 5.74) is 6.50. The fourth-order valence-electron chi connectivity index (χ4n) is 11.7. The van der Waals surface area contributed by atoms with Crippen LogP contribution in [0.15, 0.2) is 58.7 Å². The maximum atomic E-state index is 13.3. The molecule has 0 bridgehead atoms. The fourth-order valence-corrected chi connectivity index (χ4v) is 11.7. The molecule has 0 heterocycles. The minimum absolute atomic E-state index is 0.232. The highest BCUT2D eigenvalue weighted by Gasteiger charge is 2.23. The van der Waals surface area contributed by atoms with Gasteiger partial charge in [-0.2, -0.15) is 10.2 Å². The van der Waals surface area contributed by atoms with E-state index in [1.54, 1.807) is 48.5 Å². The molecule has 0 spiro atoms. The lowest BCUT2D eigenvalue weighted by molar-refractivity contribution is -0.119. The standard InChI is InChI=1S/C74H124N6O8/c1-9-15-19-21-23-29-35-47-63(49-37-31-25-27-33-43-55-87-73(85)65-51-39-41-53-67(65)77-79-69(59(7)81)71(83)75-57-61(13-5)45-17-11-3)64(48-36-30-24-22-20-16-10-2)50-38-32-26-28-34-44-56-88-74(86)66-52-40-42-54-68(66)78-80-70(60(8)82)72(84)76-58-62(14-6)46-18-12-4/h39-42,51-54,61-64,77-78H,9-38,43-50,55-58H2,1-8H3,(H,75,83)(H,76,84)/b79-69-,80-70-. The summed E-state index contributed by atoms with van der Waals surface area (Å²) in [7, 11) is 0. The molecule has 2 rings (SSSR count). The lowest BCUT2D eigenvalue weighted by Crippen LogP contribution is -2.38. The zero-order valence-corrected chi connectivity index (χ0v) is 56.8. The Bertz CT molecular complexity index is 2110. The first-order valence-corrected chi connectivity index (χ1v) is 35.6. The fraction of sp³-hybridized carbons (Fsp3) is 0.730. The summed E-state index contributed by atoms with van der Waals surface area (Å²) in [6, 6.07) is 13.8. The maximum absolute atomic E-state index is 13.3. The van der Waals surface area contributed by atoms with Crippen LogP contribution in [0.5, 0.6) is 0 Å². The summed E-state index contributed by atoms with van der Waals surface area (Å²) in [5, 5.41) is 14.1. The molecular formula is C74H124N6O8. The van der Waals surface area contributed by atoms with Crippen molar-refractivity contribution in [2.45, 2.75) is 299 Å². The quantitative estimate of drug-likeness (QED) is 0.0163. The summed E-state index contributed by atoms with van der Waals surface area (Å²) in [5.74, 6) is -0.681. The van der Waals surface area contributed by atoms with Crippen molar-refractivity contribution >= 4 is 58.1 Å². The number of rotatable bonds is 57. The second kappa shape index (κ2) is 52.4. The van der Waals surface area contributed by atoms with Crippen molar-refractivity contribution in [3.8, 4) is 0 Å². The summed E-state index contributed by atoms with van der Waals surface area (Å²) < 4.78 is 11.5. The predicted octanol–water partition coefficient (Wildman–Crippen LogP) is 19.1. The molecule has 4 unspecified atom stereocenters. The molecule has 498 valence electrons. The first-order chi connectivity index (χ1) is 42.8. The van der Waals surface area contributed by atoms with Gasteiger partial charge in [0.05, 0.1) is 35.7 Å². The number of anilines is 2. The van der Waals surface area contributed by atoms with Crippen molar-refractivity contribution in [2.75, 3.05) is 37.2 Å². The van der Waals surface area contributed by atoms with E-state index < -0.39 is 35.3 Å². The third-order valence-corrected chi connectivity index (χ3v) is 17.6. The highest BCUT2D eigenvalue weighted by Crippen LogP contribution is 2.34. The zero-order valence-electron chi connectivity index (χ0n) is 56.8. The molecular weight excluding hydrogens is 1100 g/mol. The number of para-hydroxylation sites is 2. The molecule has 0 fully saturated rings. The third kappa shape index (κ3) is 36.3. The maximum Gasteiger partial charge on any atom is 0.340 e. The topological polar surface area (TPSA) is 194 Å². The van der Waals surface area contributed by atoms with Crippen LogP contribution < -0.4 is 21.5 Å². The van der Waals surface area contributed by atoms with E-state index in [0.29, 0.717) is 60.6 Å². The predicted molar refractivity (Wildman–Crippen MR) is 366 cm³/mol. The Labute approximate surface area is 534 Å². The zero-order chi connectivity index (χ0) is 64.2. The van der Waals surface area contributed by atoms with Gasteiger partial charge in [0.15, 0.2) is 23.0 Å². The number of carbonyl (C=O) groups is 6. The first kappa shape index (κ1) is 78.7. The van der Waals surface area contributed by atoms with Crippen molar-refractivity contribution in [3.05, 3.63) is 59.7 Å². The number of nitrogens with one attached hydrogen (secondary N) is 4. The molecule has 14 heteroatoms. The molecule has 4 N–H and O–H groups in total. The van der Waals surface area contributed by atoms with Crippen molar-refractivity contribution in [1.82, 2.24) is 10.6 Å². The second-order valence-electron chi connectivity index (χ2n) is 25.0. The van der Waals surface area contributed by atoms with E-state index in [1.165, 1.54) is 168 Å². The van der Waals surface area contributed by atoms with Crippen LogP contribution in [0.3, 0.4) is 0 Å². The Morgan fingerprint density at radius 3 is 0.977 bits per heavy atom. The molecule has 0 saturated carbocycles. The summed E-state index contributed by atoms with van der Waals surface area (Å²) in [6.07, 6.45) is 45.4. The molecule has 2 aromatic carbocycles. The number of amides is 2. The number of ether oxygens (including phenoxy) is 2. The molecule has 2 amide bonds. The Balaban J connectivity index is 1.93. The second-order valence-corrected chi connectivity index (χ2v) is 25.0. The Kier molecular flexibility index (Phi) is 46.8. The van der Waals surface area contributed by atoms with Crippen LogP contribution in [0, 0.1) is 23.7 Å². The summed E-state index contributed by atoms with van der Waals surface area (Å²) in [4.78, 5) is 77.4. The third-order valence-electron chi connectivity index (χ3n) is 17.6. The van der Waals surface area contributed by atoms with Gasteiger partial charge in [0, 0.05) is 26.9 Å². The molecule has 0 aromatic heterocycles. The highest BCUT2D eigenvalue weighted by molar-refractivity contribution is 6.65. The van der Waals surface area contributed by atoms with E-state index in [2.05, 4.69) is 73.2 Å². The number of ketones is 2.